The fraction of sp³-hybridized carbons (Fsp3) is 0.375. The number of hydrogen-bond acceptors (Lipinski definition) is 5. The number of amides is 3. The first kappa shape index (κ1) is 19.9. The van der Waals surface area contributed by atoms with Gasteiger partial charge in [0, 0.05) is 50.1 Å². The van der Waals surface area contributed by atoms with Crippen LogP contribution in [0, 0.1) is 0 Å². The summed E-state index contributed by atoms with van der Waals surface area (Å²) in [7, 11) is 0. The molecule has 7 heteroatoms. The Morgan fingerprint density at radius 3 is 2.61 bits per heavy atom. The highest BCUT2D eigenvalue weighted by molar-refractivity contribution is 6.05. The van der Waals surface area contributed by atoms with Gasteiger partial charge in [0.1, 0.15) is 6.04 Å². The van der Waals surface area contributed by atoms with Gasteiger partial charge in [0.25, 0.3) is 5.91 Å². The second kappa shape index (κ2) is 8.24. The SMILES string of the molecule is O=C1CCC(N2Cc3cccc(CNC[C@@H]4NC[C@H]4c4ccccc4)c3C2=O)C(=O)N1. The minimum absolute atomic E-state index is 0.120. The van der Waals surface area contributed by atoms with E-state index in [1.165, 1.54) is 5.56 Å². The van der Waals surface area contributed by atoms with Gasteiger partial charge in [-0.3, -0.25) is 19.7 Å². The van der Waals surface area contributed by atoms with Gasteiger partial charge in [-0.2, -0.15) is 0 Å². The van der Waals surface area contributed by atoms with Crippen molar-refractivity contribution in [1.82, 2.24) is 20.9 Å². The summed E-state index contributed by atoms with van der Waals surface area (Å²) in [5, 5.41) is 9.35. The number of carbonyl (C=O) groups is 3. The van der Waals surface area contributed by atoms with Crippen molar-refractivity contribution in [2.75, 3.05) is 13.1 Å². The number of fused-ring (bicyclic) bond motifs is 1. The molecule has 3 N–H and O–H groups in total. The predicted octanol–water partition coefficient (Wildman–Crippen LogP) is 1.29. The van der Waals surface area contributed by atoms with Crippen LogP contribution in [0.3, 0.4) is 0 Å². The number of benzene rings is 2. The molecule has 1 unspecified atom stereocenters. The fourth-order valence-corrected chi connectivity index (χ4v) is 4.87. The zero-order valence-electron chi connectivity index (χ0n) is 17.3. The summed E-state index contributed by atoms with van der Waals surface area (Å²) in [6.07, 6.45) is 0.647. The highest BCUT2D eigenvalue weighted by atomic mass is 16.2. The van der Waals surface area contributed by atoms with E-state index in [4.69, 9.17) is 0 Å². The second-order valence-electron chi connectivity index (χ2n) is 8.51. The maximum Gasteiger partial charge on any atom is 0.255 e. The molecule has 7 nitrogen and oxygen atoms in total. The topological polar surface area (TPSA) is 90.5 Å². The lowest BCUT2D eigenvalue weighted by Crippen LogP contribution is -2.55. The van der Waals surface area contributed by atoms with Gasteiger partial charge in [0.15, 0.2) is 0 Å². The summed E-state index contributed by atoms with van der Waals surface area (Å²) in [6.45, 7) is 2.80. The van der Waals surface area contributed by atoms with Crippen LogP contribution < -0.4 is 16.0 Å². The summed E-state index contributed by atoms with van der Waals surface area (Å²) < 4.78 is 0. The molecule has 3 aliphatic heterocycles. The van der Waals surface area contributed by atoms with Crippen LogP contribution in [0.4, 0.5) is 0 Å². The standard InChI is InChI=1S/C24H26N4O3/c29-21-10-9-20(23(30)27-21)28-14-17-8-4-7-16(22(17)24(28)31)11-25-13-19-18(12-26-19)15-5-2-1-3-6-15/h1-8,18-20,25-26H,9-14H2,(H,27,29,30)/t18-,19-,20?/m0/s1. The average molecular weight is 418 g/mol. The summed E-state index contributed by atoms with van der Waals surface area (Å²) in [5.41, 5.74) is 3.94. The molecular formula is C24H26N4O3. The van der Waals surface area contributed by atoms with Crippen LogP contribution in [0.1, 0.15) is 45.8 Å². The van der Waals surface area contributed by atoms with Crippen molar-refractivity contribution >= 4 is 17.7 Å². The van der Waals surface area contributed by atoms with Gasteiger partial charge in [-0.1, -0.05) is 48.5 Å². The van der Waals surface area contributed by atoms with E-state index < -0.39 is 6.04 Å². The Kier molecular flexibility index (Phi) is 5.29. The van der Waals surface area contributed by atoms with Crippen molar-refractivity contribution in [3.63, 3.8) is 0 Å². The van der Waals surface area contributed by atoms with E-state index in [2.05, 4.69) is 40.2 Å². The van der Waals surface area contributed by atoms with Gasteiger partial charge in [0.05, 0.1) is 0 Å². The fourth-order valence-electron chi connectivity index (χ4n) is 4.87. The molecule has 2 aromatic carbocycles. The maximum atomic E-state index is 13.2. The number of nitrogens with zero attached hydrogens (tertiary/aromatic N) is 1. The first-order valence-corrected chi connectivity index (χ1v) is 10.9. The molecule has 31 heavy (non-hydrogen) atoms. The Labute approximate surface area is 181 Å². The van der Waals surface area contributed by atoms with E-state index in [0.717, 1.165) is 24.2 Å². The minimum Gasteiger partial charge on any atom is -0.322 e. The molecule has 0 aromatic heterocycles. The van der Waals surface area contributed by atoms with Crippen molar-refractivity contribution in [3.8, 4) is 0 Å². The lowest BCUT2D eigenvalue weighted by molar-refractivity contribution is -0.136. The first-order valence-electron chi connectivity index (χ1n) is 10.9. The predicted molar refractivity (Wildman–Crippen MR) is 115 cm³/mol. The van der Waals surface area contributed by atoms with E-state index in [-0.39, 0.29) is 24.1 Å². The highest BCUT2D eigenvalue weighted by Gasteiger charge is 2.40. The number of hydrogen-bond donors (Lipinski definition) is 3. The number of carbonyl (C=O) groups excluding carboxylic acids is 3. The van der Waals surface area contributed by atoms with Crippen molar-refractivity contribution in [1.29, 1.82) is 0 Å². The van der Waals surface area contributed by atoms with E-state index in [1.54, 1.807) is 4.90 Å². The summed E-state index contributed by atoms with van der Waals surface area (Å²) in [6, 6.07) is 16.2. The molecule has 0 spiro atoms. The summed E-state index contributed by atoms with van der Waals surface area (Å²) in [5.74, 6) is -0.264. The number of rotatable bonds is 6. The van der Waals surface area contributed by atoms with Crippen molar-refractivity contribution in [2.45, 2.75) is 43.9 Å². The van der Waals surface area contributed by atoms with Gasteiger partial charge < -0.3 is 15.5 Å². The average Bonchev–Trinajstić information content (AvgIpc) is 3.08. The van der Waals surface area contributed by atoms with Crippen molar-refractivity contribution in [3.05, 3.63) is 70.8 Å². The van der Waals surface area contributed by atoms with Gasteiger partial charge in [-0.05, 0) is 23.1 Å². The number of nitrogens with one attached hydrogen (secondary N) is 3. The Morgan fingerprint density at radius 2 is 1.87 bits per heavy atom. The summed E-state index contributed by atoms with van der Waals surface area (Å²) >= 11 is 0. The molecular weight excluding hydrogens is 392 g/mol. The van der Waals surface area contributed by atoms with Crippen molar-refractivity contribution < 1.29 is 14.4 Å². The zero-order valence-corrected chi connectivity index (χ0v) is 17.3. The Hall–Kier alpha value is -3.03. The largest absolute Gasteiger partial charge is 0.322 e. The molecule has 0 bridgehead atoms. The van der Waals surface area contributed by atoms with Crippen LogP contribution in [0.2, 0.25) is 0 Å². The van der Waals surface area contributed by atoms with E-state index >= 15 is 0 Å². The molecule has 0 aliphatic carbocycles. The number of imide groups is 1. The Morgan fingerprint density at radius 1 is 1.03 bits per heavy atom. The van der Waals surface area contributed by atoms with Gasteiger partial charge in [0.2, 0.25) is 11.8 Å². The van der Waals surface area contributed by atoms with Crippen LogP contribution in [0.25, 0.3) is 0 Å². The number of piperidine rings is 1. The van der Waals surface area contributed by atoms with Crippen LogP contribution >= 0.6 is 0 Å². The second-order valence-corrected chi connectivity index (χ2v) is 8.51. The molecule has 3 aliphatic rings. The summed E-state index contributed by atoms with van der Waals surface area (Å²) in [4.78, 5) is 38.5. The molecule has 3 amide bonds. The molecule has 3 heterocycles. The van der Waals surface area contributed by atoms with E-state index in [1.807, 2.05) is 24.3 Å². The van der Waals surface area contributed by atoms with Gasteiger partial charge >= 0.3 is 0 Å². The third-order valence-corrected chi connectivity index (χ3v) is 6.63. The molecule has 0 saturated carbocycles. The van der Waals surface area contributed by atoms with Gasteiger partial charge in [-0.25, -0.2) is 0 Å². The Balaban J connectivity index is 1.23. The molecule has 3 atom stereocenters. The van der Waals surface area contributed by atoms with Crippen LogP contribution in [-0.2, 0) is 22.7 Å². The monoisotopic (exact) mass is 418 g/mol. The lowest BCUT2D eigenvalue weighted by atomic mass is 9.85. The molecule has 160 valence electrons. The molecule has 2 fully saturated rings. The highest BCUT2D eigenvalue weighted by Crippen LogP contribution is 2.30. The maximum absolute atomic E-state index is 13.2. The lowest BCUT2D eigenvalue weighted by Gasteiger charge is -2.38. The third kappa shape index (κ3) is 3.75. The van der Waals surface area contributed by atoms with Crippen molar-refractivity contribution in [2.24, 2.45) is 0 Å². The minimum atomic E-state index is -0.579. The van der Waals surface area contributed by atoms with E-state index in [9.17, 15) is 14.4 Å². The molecule has 0 radical (unpaired) electrons. The zero-order chi connectivity index (χ0) is 21.4. The molecule has 2 aromatic rings. The molecule has 5 rings (SSSR count). The quantitative estimate of drug-likeness (QED) is 0.615. The Bertz CT molecular complexity index is 1020. The van der Waals surface area contributed by atoms with E-state index in [0.29, 0.717) is 37.0 Å². The van der Waals surface area contributed by atoms with Crippen LogP contribution in [-0.4, -0.2) is 47.8 Å². The van der Waals surface area contributed by atoms with Crippen LogP contribution in [0.5, 0.6) is 0 Å². The van der Waals surface area contributed by atoms with Gasteiger partial charge in [-0.15, -0.1) is 0 Å². The van der Waals surface area contributed by atoms with Crippen LogP contribution in [0.15, 0.2) is 48.5 Å². The first-order chi connectivity index (χ1) is 15.1. The normalized spacial score (nSPS) is 25.2. The smallest absolute Gasteiger partial charge is 0.255 e. The molecule has 2 saturated heterocycles. The third-order valence-electron chi connectivity index (χ3n) is 6.63.